The molecule has 4 aromatic rings. The van der Waals surface area contributed by atoms with Crippen molar-refractivity contribution < 1.29 is 52.1 Å². The maximum absolute atomic E-state index is 14.0. The second-order valence-electron chi connectivity index (χ2n) is 12.5. The second kappa shape index (κ2) is 17.5. The number of hydrogen-bond donors (Lipinski definition) is 3. The molecule has 18 heteroatoms. The number of fused-ring (bicyclic) bond motifs is 2. The number of nitrogens with one attached hydrogen (secondary N) is 1. The van der Waals surface area contributed by atoms with Crippen molar-refractivity contribution in [2.75, 3.05) is 29.9 Å². The van der Waals surface area contributed by atoms with Crippen LogP contribution in [0.3, 0.4) is 0 Å². The molecule has 0 aliphatic carbocycles. The second-order valence-corrected chi connectivity index (χ2v) is 15.3. The van der Waals surface area contributed by atoms with Gasteiger partial charge in [-0.15, -0.1) is 0 Å². The highest BCUT2D eigenvalue weighted by Crippen LogP contribution is 2.52. The molecule has 0 radical (unpaired) electrons. The highest BCUT2D eigenvalue weighted by atomic mass is 32.2. The molecule has 3 heterocycles. The van der Waals surface area contributed by atoms with E-state index in [-0.39, 0.29) is 13.2 Å². The normalized spacial score (nSPS) is 18.9. The van der Waals surface area contributed by atoms with Crippen LogP contribution in [0.5, 0.6) is 11.5 Å². The van der Waals surface area contributed by atoms with Crippen LogP contribution in [0.25, 0.3) is 0 Å². The lowest BCUT2D eigenvalue weighted by Gasteiger charge is -2.26. The maximum atomic E-state index is 14.0. The van der Waals surface area contributed by atoms with E-state index in [1.807, 2.05) is 18.2 Å². The molecule has 0 saturated carbocycles. The van der Waals surface area contributed by atoms with Crippen LogP contribution in [-0.2, 0) is 45.7 Å². The molecular weight excluding hydrogens is 755 g/mol. The van der Waals surface area contributed by atoms with Crippen molar-refractivity contribution in [1.29, 1.82) is 0 Å². The average molecular weight is 797 g/mol. The number of rotatable bonds is 15. The fourth-order valence-electron chi connectivity index (χ4n) is 5.85. The number of phosphoric acid groups is 1. The highest BCUT2D eigenvalue weighted by Gasteiger charge is 2.46. The number of benzene rings is 3. The number of ether oxygens (including phenoxy) is 3. The van der Waals surface area contributed by atoms with Gasteiger partial charge in [-0.25, -0.2) is 9.36 Å². The molecule has 3 aromatic carbocycles. The first-order chi connectivity index (χ1) is 26.3. The molecule has 0 spiro atoms. The highest BCUT2D eigenvalue weighted by molar-refractivity contribution is 7.99. The van der Waals surface area contributed by atoms with Gasteiger partial charge in [-0.2, -0.15) is 4.98 Å². The van der Waals surface area contributed by atoms with Crippen molar-refractivity contribution in [2.24, 2.45) is 0 Å². The van der Waals surface area contributed by atoms with E-state index in [0.29, 0.717) is 33.3 Å². The Kier molecular flexibility index (Phi) is 12.7. The van der Waals surface area contributed by atoms with Crippen LogP contribution in [0, 0.1) is 0 Å². The summed E-state index contributed by atoms with van der Waals surface area (Å²) in [6, 6.07) is 18.6. The standard InChI is InChI=1S/C37H41N4O12PS/c1-5-40(6-2)26-11-16-31-29(17-26)38-35-32(55-31)18-41(37(46)39-35)36-34(45)33(44)30(53-36)21-50-54(47,48-19-24-7-12-27(13-8-24)51-22(3)42)49-20-25-9-14-28(15-10-25)52-23(4)43/h7-18,30,33-34,36,44-45H,5-6,19-21H2,1-4H3,(H,38,39,46)/t30-,33+,34+,36-/m1/s1. The molecule has 4 atom stereocenters. The Labute approximate surface area is 320 Å². The minimum absolute atomic E-state index is 0.246. The van der Waals surface area contributed by atoms with Gasteiger partial charge >= 0.3 is 25.5 Å². The predicted molar refractivity (Wildman–Crippen MR) is 200 cm³/mol. The van der Waals surface area contributed by atoms with Gasteiger partial charge < -0.3 is 34.6 Å². The molecular formula is C37H41N4O12PS. The fraction of sp³-hybridized carbons (Fsp3) is 0.351. The van der Waals surface area contributed by atoms with E-state index in [1.54, 1.807) is 24.3 Å². The number of nitrogens with zero attached hydrogens (tertiary/aromatic N) is 3. The number of aromatic nitrogens is 2. The number of anilines is 3. The van der Waals surface area contributed by atoms with Crippen molar-refractivity contribution in [3.63, 3.8) is 0 Å². The first-order valence-corrected chi connectivity index (χ1v) is 19.7. The van der Waals surface area contributed by atoms with Crippen LogP contribution in [0.2, 0.25) is 0 Å². The molecule has 55 heavy (non-hydrogen) atoms. The van der Waals surface area contributed by atoms with E-state index in [4.69, 9.17) is 27.8 Å². The van der Waals surface area contributed by atoms with E-state index < -0.39 is 56.6 Å². The minimum Gasteiger partial charge on any atom is -0.427 e. The molecule has 3 N–H and O–H groups in total. The minimum atomic E-state index is -4.42. The summed E-state index contributed by atoms with van der Waals surface area (Å²) in [7, 11) is -4.42. The smallest absolute Gasteiger partial charge is 0.427 e. The van der Waals surface area contributed by atoms with Gasteiger partial charge in [0.25, 0.3) is 0 Å². The predicted octanol–water partition coefficient (Wildman–Crippen LogP) is 5.33. The summed E-state index contributed by atoms with van der Waals surface area (Å²) in [5.41, 5.74) is 2.19. The van der Waals surface area contributed by atoms with Gasteiger partial charge in [-0.1, -0.05) is 36.0 Å². The molecule has 2 aliphatic rings. The van der Waals surface area contributed by atoms with E-state index in [0.717, 1.165) is 33.9 Å². The number of esters is 2. The summed E-state index contributed by atoms with van der Waals surface area (Å²) in [6.45, 7) is 7.33. The largest absolute Gasteiger partial charge is 0.475 e. The third-order valence-electron chi connectivity index (χ3n) is 8.64. The van der Waals surface area contributed by atoms with Crippen LogP contribution < -0.4 is 25.4 Å². The monoisotopic (exact) mass is 796 g/mol. The molecule has 0 amide bonds. The third-order valence-corrected chi connectivity index (χ3v) is 11.1. The Morgan fingerprint density at radius 2 is 1.45 bits per heavy atom. The van der Waals surface area contributed by atoms with E-state index in [9.17, 15) is 29.2 Å². The van der Waals surface area contributed by atoms with Crippen LogP contribution in [0.1, 0.15) is 45.0 Å². The summed E-state index contributed by atoms with van der Waals surface area (Å²) >= 11 is 1.39. The number of aliphatic hydroxyl groups excluding tert-OH is 2. The molecule has 0 bridgehead atoms. The molecule has 1 saturated heterocycles. The fourth-order valence-corrected chi connectivity index (χ4v) is 7.97. The summed E-state index contributed by atoms with van der Waals surface area (Å²) in [4.78, 5) is 43.8. The van der Waals surface area contributed by atoms with E-state index in [1.165, 1.54) is 56.1 Å². The quantitative estimate of drug-likeness (QED) is 0.0698. The lowest BCUT2D eigenvalue weighted by Crippen LogP contribution is -2.36. The molecule has 292 valence electrons. The van der Waals surface area contributed by atoms with Crippen LogP contribution >= 0.6 is 19.6 Å². The molecule has 6 rings (SSSR count). The van der Waals surface area contributed by atoms with Crippen molar-refractivity contribution >= 4 is 48.7 Å². The zero-order chi connectivity index (χ0) is 39.3. The van der Waals surface area contributed by atoms with Crippen molar-refractivity contribution in [3.8, 4) is 11.5 Å². The maximum Gasteiger partial charge on any atom is 0.475 e. The van der Waals surface area contributed by atoms with E-state index in [2.05, 4.69) is 29.0 Å². The number of aliphatic hydroxyl groups is 2. The third kappa shape index (κ3) is 9.81. The van der Waals surface area contributed by atoms with Gasteiger partial charge in [0.1, 0.15) is 29.8 Å². The van der Waals surface area contributed by atoms with Crippen molar-refractivity contribution in [3.05, 3.63) is 94.5 Å². The van der Waals surface area contributed by atoms with Gasteiger partial charge in [0.2, 0.25) is 0 Å². The molecule has 0 unspecified atom stereocenters. The molecule has 1 aromatic heterocycles. The molecule has 1 fully saturated rings. The SMILES string of the molecule is CCN(CC)c1ccc2c(c1)Nc1nc(=O)n([C@@H]3O[C@H](COP(=O)(OCc4ccc(OC(C)=O)cc4)OCc4ccc(OC(C)=O)cc4)[C@H](O)[C@@H]3O)cc1S2. The Balaban J connectivity index is 1.15. The lowest BCUT2D eigenvalue weighted by molar-refractivity contribution is -0.132. The van der Waals surface area contributed by atoms with Crippen LogP contribution in [0.4, 0.5) is 17.2 Å². The lowest BCUT2D eigenvalue weighted by atomic mass is 10.1. The summed E-state index contributed by atoms with van der Waals surface area (Å²) in [5.74, 6) is -0.0118. The zero-order valence-corrected chi connectivity index (χ0v) is 32.2. The Hall–Kier alpha value is -4.58. The van der Waals surface area contributed by atoms with Gasteiger partial charge in [0.05, 0.1) is 30.4 Å². The van der Waals surface area contributed by atoms with Crippen molar-refractivity contribution in [1.82, 2.24) is 9.55 Å². The summed E-state index contributed by atoms with van der Waals surface area (Å²) < 4.78 is 48.2. The number of phosphoric ester groups is 1. The number of carbonyl (C=O) groups is 2. The first-order valence-electron chi connectivity index (χ1n) is 17.4. The zero-order valence-electron chi connectivity index (χ0n) is 30.4. The number of carbonyl (C=O) groups excluding carboxylic acids is 2. The van der Waals surface area contributed by atoms with Gasteiger partial charge in [0, 0.05) is 43.7 Å². The van der Waals surface area contributed by atoms with Crippen LogP contribution in [0.15, 0.2) is 87.5 Å². The van der Waals surface area contributed by atoms with Gasteiger partial charge in [0.15, 0.2) is 12.0 Å². The number of hydrogen-bond acceptors (Lipinski definition) is 16. The Bertz CT molecular complexity index is 2050. The van der Waals surface area contributed by atoms with Gasteiger partial charge in [-0.3, -0.25) is 27.7 Å². The first kappa shape index (κ1) is 40.1. The summed E-state index contributed by atoms with van der Waals surface area (Å²) in [6.07, 6.45) is -4.25. The van der Waals surface area contributed by atoms with Crippen LogP contribution in [-0.4, -0.2) is 69.7 Å². The molecule has 2 aliphatic heterocycles. The topological polar surface area (TPSA) is 197 Å². The summed E-state index contributed by atoms with van der Waals surface area (Å²) in [5, 5.41) is 25.3. The molecule has 16 nitrogen and oxygen atoms in total. The van der Waals surface area contributed by atoms with Crippen molar-refractivity contribution in [2.45, 2.75) is 75.2 Å². The average Bonchev–Trinajstić information content (AvgIpc) is 3.44. The Morgan fingerprint density at radius 3 is 2.00 bits per heavy atom. The van der Waals surface area contributed by atoms with Gasteiger partial charge in [-0.05, 0) is 67.4 Å². The van der Waals surface area contributed by atoms with E-state index >= 15 is 0 Å². The Morgan fingerprint density at radius 1 is 0.873 bits per heavy atom.